The number of fused-ring (bicyclic) bond motifs is 1. The van der Waals surface area contributed by atoms with E-state index in [1.54, 1.807) is 28.8 Å². The van der Waals surface area contributed by atoms with Crippen molar-refractivity contribution in [1.29, 1.82) is 0 Å². The summed E-state index contributed by atoms with van der Waals surface area (Å²) in [5.74, 6) is 0.397. The molecule has 1 aliphatic carbocycles. The van der Waals surface area contributed by atoms with E-state index in [-0.39, 0.29) is 5.82 Å². The number of imidazole rings is 1. The minimum absolute atomic E-state index is 0.292. The fraction of sp³-hybridized carbons (Fsp3) is 0.333. The molecule has 1 fully saturated rings. The van der Waals surface area contributed by atoms with Gasteiger partial charge in [-0.05, 0) is 37.8 Å². The van der Waals surface area contributed by atoms with Crippen molar-refractivity contribution in [3.8, 4) is 0 Å². The summed E-state index contributed by atoms with van der Waals surface area (Å²) in [6.07, 6.45) is 5.98. The van der Waals surface area contributed by atoms with Crippen LogP contribution in [0.3, 0.4) is 0 Å². The van der Waals surface area contributed by atoms with Crippen molar-refractivity contribution >= 4 is 22.8 Å². The quantitative estimate of drug-likeness (QED) is 0.681. The van der Waals surface area contributed by atoms with Gasteiger partial charge in [0.2, 0.25) is 0 Å². The molecule has 6 nitrogen and oxygen atoms in total. The monoisotopic (exact) mass is 340 g/mol. The van der Waals surface area contributed by atoms with Gasteiger partial charge in [-0.25, -0.2) is 13.9 Å². The minimum Gasteiger partial charge on any atom is -0.382 e. The highest BCUT2D eigenvalue weighted by Crippen LogP contribution is 2.33. The van der Waals surface area contributed by atoms with Crippen LogP contribution in [0.5, 0.6) is 0 Å². The molecule has 7 heteroatoms. The van der Waals surface area contributed by atoms with Crippen LogP contribution in [0.25, 0.3) is 5.65 Å². The Bertz CT molecular complexity index is 898. The van der Waals surface area contributed by atoms with Crippen LogP contribution in [0.2, 0.25) is 0 Å². The number of hydrogen-bond acceptors (Lipinski definition) is 5. The maximum absolute atomic E-state index is 14.0. The van der Waals surface area contributed by atoms with Crippen LogP contribution in [-0.4, -0.2) is 20.6 Å². The molecule has 0 saturated heterocycles. The largest absolute Gasteiger partial charge is 0.382 e. The molecule has 1 aromatic carbocycles. The molecule has 0 spiro atoms. The summed E-state index contributed by atoms with van der Waals surface area (Å²) in [6, 6.07) is 8.48. The van der Waals surface area contributed by atoms with Crippen molar-refractivity contribution in [2.24, 2.45) is 5.73 Å². The molecule has 0 aliphatic heterocycles. The third-order valence-electron chi connectivity index (χ3n) is 4.80. The summed E-state index contributed by atoms with van der Waals surface area (Å²) >= 11 is 0. The molecular formula is C18H21FN6. The highest BCUT2D eigenvalue weighted by atomic mass is 19.1. The molecule has 1 saturated carbocycles. The van der Waals surface area contributed by atoms with Gasteiger partial charge in [0.1, 0.15) is 11.6 Å². The topological polar surface area (TPSA) is 94.3 Å². The van der Waals surface area contributed by atoms with Crippen molar-refractivity contribution in [3.05, 3.63) is 48.0 Å². The van der Waals surface area contributed by atoms with Gasteiger partial charge in [-0.3, -0.25) is 0 Å². The fourth-order valence-corrected chi connectivity index (χ4v) is 3.43. The first-order chi connectivity index (χ1) is 12.1. The van der Waals surface area contributed by atoms with E-state index in [0.29, 0.717) is 34.8 Å². The second-order valence-electron chi connectivity index (χ2n) is 6.63. The van der Waals surface area contributed by atoms with E-state index in [9.17, 15) is 4.39 Å². The molecule has 0 unspecified atom stereocenters. The van der Waals surface area contributed by atoms with Gasteiger partial charge < -0.3 is 16.8 Å². The average molecular weight is 340 g/mol. The van der Waals surface area contributed by atoms with Gasteiger partial charge >= 0.3 is 0 Å². The molecular weight excluding hydrogens is 319 g/mol. The lowest BCUT2D eigenvalue weighted by Crippen LogP contribution is -2.25. The van der Waals surface area contributed by atoms with Gasteiger partial charge in [0.25, 0.3) is 0 Å². The zero-order chi connectivity index (χ0) is 17.4. The Labute approximate surface area is 145 Å². The van der Waals surface area contributed by atoms with Crippen LogP contribution in [0.15, 0.2) is 36.5 Å². The highest BCUT2D eigenvalue weighted by Gasteiger charge is 2.23. The van der Waals surface area contributed by atoms with Crippen LogP contribution in [0.1, 0.15) is 37.3 Å². The average Bonchev–Trinajstić information content (AvgIpc) is 3.01. The molecule has 2 heterocycles. The number of anilines is 3. The second-order valence-corrected chi connectivity index (χ2v) is 6.63. The summed E-state index contributed by atoms with van der Waals surface area (Å²) in [6.45, 7) is 0. The van der Waals surface area contributed by atoms with Crippen molar-refractivity contribution in [3.63, 3.8) is 0 Å². The number of nitrogens with two attached hydrogens (primary N) is 2. The van der Waals surface area contributed by atoms with Crippen LogP contribution < -0.4 is 16.8 Å². The summed E-state index contributed by atoms with van der Waals surface area (Å²) in [5, 5.41) is 7.39. The Morgan fingerprint density at radius 2 is 1.88 bits per heavy atom. The van der Waals surface area contributed by atoms with E-state index in [4.69, 9.17) is 16.5 Å². The van der Waals surface area contributed by atoms with Crippen molar-refractivity contribution < 1.29 is 4.39 Å². The molecule has 3 aromatic rings. The molecule has 0 atom stereocenters. The highest BCUT2D eigenvalue weighted by molar-refractivity contribution is 5.75. The molecule has 1 aliphatic rings. The Morgan fingerprint density at radius 1 is 1.12 bits per heavy atom. The first-order valence-corrected chi connectivity index (χ1v) is 8.53. The van der Waals surface area contributed by atoms with E-state index in [1.165, 1.54) is 6.07 Å². The van der Waals surface area contributed by atoms with Crippen molar-refractivity contribution in [1.82, 2.24) is 14.6 Å². The molecule has 130 valence electrons. The summed E-state index contributed by atoms with van der Waals surface area (Å²) < 4.78 is 15.6. The van der Waals surface area contributed by atoms with Gasteiger partial charge in [0.05, 0.1) is 23.3 Å². The molecule has 2 aromatic heterocycles. The predicted molar refractivity (Wildman–Crippen MR) is 96.3 cm³/mol. The number of nitrogen functional groups attached to an aromatic ring is 1. The van der Waals surface area contributed by atoms with E-state index >= 15 is 0 Å². The Hall–Kier alpha value is -2.67. The Balaban J connectivity index is 1.71. The molecule has 0 radical (unpaired) electrons. The Kier molecular flexibility index (Phi) is 4.01. The van der Waals surface area contributed by atoms with Gasteiger partial charge in [-0.1, -0.05) is 12.1 Å². The number of halogens is 1. The molecule has 0 bridgehead atoms. The van der Waals surface area contributed by atoms with Gasteiger partial charge in [0.15, 0.2) is 5.65 Å². The van der Waals surface area contributed by atoms with Crippen LogP contribution >= 0.6 is 0 Å². The minimum atomic E-state index is -0.330. The SMILES string of the molecule is Nc1cc(Nc2ccccc2F)c2nc(C3CCC(N)CC3)cn2n1. The lowest BCUT2D eigenvalue weighted by molar-refractivity contribution is 0.391. The van der Waals surface area contributed by atoms with Crippen LogP contribution in [0.4, 0.5) is 21.6 Å². The first-order valence-electron chi connectivity index (χ1n) is 8.53. The van der Waals surface area contributed by atoms with Crippen molar-refractivity contribution in [2.45, 2.75) is 37.6 Å². The zero-order valence-corrected chi connectivity index (χ0v) is 13.8. The van der Waals surface area contributed by atoms with E-state index in [0.717, 1.165) is 31.4 Å². The number of benzene rings is 1. The lowest BCUT2D eigenvalue weighted by atomic mass is 9.85. The van der Waals surface area contributed by atoms with E-state index in [2.05, 4.69) is 10.4 Å². The van der Waals surface area contributed by atoms with Crippen LogP contribution in [-0.2, 0) is 0 Å². The number of rotatable bonds is 3. The van der Waals surface area contributed by atoms with E-state index in [1.807, 2.05) is 6.20 Å². The Morgan fingerprint density at radius 3 is 2.64 bits per heavy atom. The maximum Gasteiger partial charge on any atom is 0.177 e. The first kappa shape index (κ1) is 15.8. The van der Waals surface area contributed by atoms with Crippen molar-refractivity contribution in [2.75, 3.05) is 11.1 Å². The maximum atomic E-state index is 14.0. The third-order valence-corrected chi connectivity index (χ3v) is 4.80. The molecule has 5 N–H and O–H groups in total. The second kappa shape index (κ2) is 6.33. The predicted octanol–water partition coefficient (Wildman–Crippen LogP) is 3.18. The van der Waals surface area contributed by atoms with Gasteiger partial charge in [-0.2, -0.15) is 0 Å². The summed E-state index contributed by atoms with van der Waals surface area (Å²) in [5.41, 5.74) is 14.5. The third kappa shape index (κ3) is 3.15. The molecule has 0 amide bonds. The molecule has 25 heavy (non-hydrogen) atoms. The molecule has 4 rings (SSSR count). The van der Waals surface area contributed by atoms with Crippen LogP contribution in [0, 0.1) is 5.82 Å². The normalized spacial score (nSPS) is 20.7. The number of hydrogen-bond donors (Lipinski definition) is 3. The number of nitrogens with zero attached hydrogens (tertiary/aromatic N) is 3. The summed E-state index contributed by atoms with van der Waals surface area (Å²) in [4.78, 5) is 4.75. The van der Waals surface area contributed by atoms with Gasteiger partial charge in [0, 0.05) is 18.0 Å². The summed E-state index contributed by atoms with van der Waals surface area (Å²) in [7, 11) is 0. The fourth-order valence-electron chi connectivity index (χ4n) is 3.43. The zero-order valence-electron chi connectivity index (χ0n) is 13.8. The smallest absolute Gasteiger partial charge is 0.177 e. The van der Waals surface area contributed by atoms with E-state index < -0.39 is 0 Å². The number of aromatic nitrogens is 3. The number of para-hydroxylation sites is 1. The standard InChI is InChI=1S/C18H21FN6/c19-13-3-1-2-4-14(13)22-15-9-17(21)24-25-10-16(23-18(15)25)11-5-7-12(20)8-6-11/h1-4,9-12,22H,5-8,20H2,(H2,21,24). The number of nitrogens with one attached hydrogen (secondary N) is 1. The lowest BCUT2D eigenvalue weighted by Gasteiger charge is -2.24. The van der Waals surface area contributed by atoms with Gasteiger partial charge in [-0.15, -0.1) is 5.10 Å².